The van der Waals surface area contributed by atoms with E-state index in [0.29, 0.717) is 5.82 Å². The van der Waals surface area contributed by atoms with E-state index >= 15 is 0 Å². The van der Waals surface area contributed by atoms with Crippen LogP contribution in [-0.4, -0.2) is 33.6 Å². The Labute approximate surface area is 108 Å². The third-order valence-electron chi connectivity index (χ3n) is 3.08. The molecule has 2 aromatic heterocycles. The number of nitrogens with zero attached hydrogens (tertiary/aromatic N) is 3. The van der Waals surface area contributed by atoms with Crippen molar-refractivity contribution in [1.29, 1.82) is 0 Å². The van der Waals surface area contributed by atoms with Gasteiger partial charge in [0.05, 0.1) is 0 Å². The Morgan fingerprint density at radius 2 is 2.39 bits per heavy atom. The molecule has 0 amide bonds. The van der Waals surface area contributed by atoms with Crippen LogP contribution < -0.4 is 4.90 Å². The van der Waals surface area contributed by atoms with E-state index in [0.717, 1.165) is 24.5 Å². The van der Waals surface area contributed by atoms with E-state index in [-0.39, 0.29) is 5.69 Å². The van der Waals surface area contributed by atoms with Gasteiger partial charge in [-0.05, 0) is 13.3 Å². The zero-order chi connectivity index (χ0) is 12.7. The molecule has 0 spiro atoms. The summed E-state index contributed by atoms with van der Waals surface area (Å²) in [6, 6.07) is 0. The van der Waals surface area contributed by atoms with Gasteiger partial charge < -0.3 is 10.0 Å². The van der Waals surface area contributed by atoms with Crippen molar-refractivity contribution < 1.29 is 9.90 Å². The molecule has 3 rings (SSSR count). The highest BCUT2D eigenvalue weighted by Gasteiger charge is 2.24. The molecule has 5 nitrogen and oxygen atoms in total. The zero-order valence-electron chi connectivity index (χ0n) is 9.96. The summed E-state index contributed by atoms with van der Waals surface area (Å²) in [6.07, 6.45) is 4.89. The summed E-state index contributed by atoms with van der Waals surface area (Å²) in [4.78, 5) is 18.6. The fourth-order valence-corrected chi connectivity index (χ4v) is 2.99. The third kappa shape index (κ3) is 1.69. The van der Waals surface area contributed by atoms with E-state index < -0.39 is 5.97 Å². The monoisotopic (exact) mass is 263 g/mol. The maximum atomic E-state index is 11.4. The Balaban J connectivity index is 2.10. The lowest BCUT2D eigenvalue weighted by atomic mass is 10.1. The summed E-state index contributed by atoms with van der Waals surface area (Å²) in [6.45, 7) is 3.64. The average molecular weight is 263 g/mol. The molecule has 0 saturated carbocycles. The lowest BCUT2D eigenvalue weighted by Crippen LogP contribution is -2.30. The molecule has 18 heavy (non-hydrogen) atoms. The zero-order valence-corrected chi connectivity index (χ0v) is 10.8. The molecule has 1 N–H and O–H groups in total. The van der Waals surface area contributed by atoms with Gasteiger partial charge in [0.15, 0.2) is 16.5 Å². The van der Waals surface area contributed by atoms with Crippen molar-refractivity contribution >= 4 is 28.1 Å². The maximum absolute atomic E-state index is 11.4. The highest BCUT2D eigenvalue weighted by molar-refractivity contribution is 7.15. The Morgan fingerprint density at radius 1 is 1.56 bits per heavy atom. The van der Waals surface area contributed by atoms with Crippen molar-refractivity contribution in [3.05, 3.63) is 28.9 Å². The van der Waals surface area contributed by atoms with Crippen LogP contribution in [0.15, 0.2) is 23.2 Å². The van der Waals surface area contributed by atoms with E-state index in [1.54, 1.807) is 10.6 Å². The second kappa shape index (κ2) is 4.13. The van der Waals surface area contributed by atoms with Gasteiger partial charge in [-0.3, -0.25) is 4.40 Å². The van der Waals surface area contributed by atoms with E-state index in [2.05, 4.69) is 18.0 Å². The second-order valence-electron chi connectivity index (χ2n) is 4.41. The predicted octanol–water partition coefficient (Wildman–Crippen LogP) is 2.25. The summed E-state index contributed by atoms with van der Waals surface area (Å²) in [5.41, 5.74) is 1.52. The molecule has 0 radical (unpaired) electrons. The first-order valence-corrected chi connectivity index (χ1v) is 6.64. The summed E-state index contributed by atoms with van der Waals surface area (Å²) in [7, 11) is 0. The smallest absolute Gasteiger partial charge is 0.356 e. The number of thiazole rings is 1. The minimum absolute atomic E-state index is 0.265. The van der Waals surface area contributed by atoms with Crippen molar-refractivity contribution in [3.8, 4) is 0 Å². The number of imidazole rings is 1. The van der Waals surface area contributed by atoms with E-state index in [1.807, 2.05) is 10.3 Å². The van der Waals surface area contributed by atoms with Crippen LogP contribution in [0.4, 0.5) is 5.82 Å². The summed E-state index contributed by atoms with van der Waals surface area (Å²) in [5.74, 6) is -0.343. The van der Waals surface area contributed by atoms with Crippen LogP contribution in [0.5, 0.6) is 0 Å². The van der Waals surface area contributed by atoms with Gasteiger partial charge in [-0.2, -0.15) is 0 Å². The highest BCUT2D eigenvalue weighted by atomic mass is 32.1. The highest BCUT2D eigenvalue weighted by Crippen LogP contribution is 2.26. The molecule has 2 aromatic rings. The number of carboxylic acid groups (broad SMARTS) is 1. The van der Waals surface area contributed by atoms with Crippen LogP contribution in [0.1, 0.15) is 23.8 Å². The molecular weight excluding hydrogens is 250 g/mol. The molecule has 0 bridgehead atoms. The molecule has 94 valence electrons. The molecular formula is C12H13N3O2S. The largest absolute Gasteiger partial charge is 0.476 e. The Morgan fingerprint density at radius 3 is 3.11 bits per heavy atom. The number of rotatable bonds is 2. The molecule has 0 unspecified atom stereocenters. The van der Waals surface area contributed by atoms with Crippen molar-refractivity contribution in [2.45, 2.75) is 13.3 Å². The van der Waals surface area contributed by atoms with Crippen molar-refractivity contribution in [2.24, 2.45) is 0 Å². The van der Waals surface area contributed by atoms with Gasteiger partial charge in [-0.1, -0.05) is 11.6 Å². The van der Waals surface area contributed by atoms with E-state index in [9.17, 15) is 9.90 Å². The predicted molar refractivity (Wildman–Crippen MR) is 70.6 cm³/mol. The van der Waals surface area contributed by atoms with Crippen molar-refractivity contribution in [1.82, 2.24) is 9.38 Å². The standard InChI is InChI=1S/C12H13N3O2S/c1-8-3-2-4-14(7-8)10-9(11(16)17)15-5-6-18-12(15)13-10/h3,5-6H,2,4,7H2,1H3,(H,16,17). The average Bonchev–Trinajstić information content (AvgIpc) is 2.87. The number of aromatic carboxylic acids is 1. The normalized spacial score (nSPS) is 16.1. The minimum atomic E-state index is -0.928. The molecule has 1 aliphatic rings. The van der Waals surface area contributed by atoms with Gasteiger partial charge in [0.25, 0.3) is 0 Å². The van der Waals surface area contributed by atoms with Gasteiger partial charge in [-0.25, -0.2) is 9.78 Å². The molecule has 3 heterocycles. The van der Waals surface area contributed by atoms with Crippen LogP contribution >= 0.6 is 11.3 Å². The van der Waals surface area contributed by atoms with Crippen LogP contribution in [0.25, 0.3) is 4.96 Å². The van der Waals surface area contributed by atoms with Crippen LogP contribution in [0, 0.1) is 0 Å². The molecule has 0 saturated heterocycles. The lowest BCUT2D eigenvalue weighted by molar-refractivity contribution is 0.0690. The Kier molecular flexibility index (Phi) is 2.59. The van der Waals surface area contributed by atoms with Crippen LogP contribution in [0.2, 0.25) is 0 Å². The number of fused-ring (bicyclic) bond motifs is 1. The van der Waals surface area contributed by atoms with Gasteiger partial charge in [0, 0.05) is 24.7 Å². The van der Waals surface area contributed by atoms with Crippen LogP contribution in [0.3, 0.4) is 0 Å². The number of hydrogen-bond acceptors (Lipinski definition) is 4. The van der Waals surface area contributed by atoms with Gasteiger partial charge in [0.1, 0.15) is 0 Å². The SMILES string of the molecule is CC1=CCCN(c2nc3sccn3c2C(=O)O)C1. The molecule has 0 fully saturated rings. The summed E-state index contributed by atoms with van der Waals surface area (Å²) in [5, 5.41) is 11.2. The second-order valence-corrected chi connectivity index (χ2v) is 5.28. The number of carboxylic acids is 1. The van der Waals surface area contributed by atoms with E-state index in [4.69, 9.17) is 0 Å². The molecule has 1 aliphatic heterocycles. The third-order valence-corrected chi connectivity index (χ3v) is 3.83. The van der Waals surface area contributed by atoms with Gasteiger partial charge in [-0.15, -0.1) is 11.3 Å². The molecule has 6 heteroatoms. The minimum Gasteiger partial charge on any atom is -0.476 e. The first kappa shape index (κ1) is 11.3. The topological polar surface area (TPSA) is 57.8 Å². The van der Waals surface area contributed by atoms with Crippen LogP contribution in [-0.2, 0) is 0 Å². The first-order chi connectivity index (χ1) is 8.66. The quantitative estimate of drug-likeness (QED) is 0.844. The number of anilines is 1. The van der Waals surface area contributed by atoms with Gasteiger partial charge in [0.2, 0.25) is 0 Å². The number of aromatic nitrogens is 2. The fourth-order valence-electron chi connectivity index (χ4n) is 2.29. The van der Waals surface area contributed by atoms with Crippen molar-refractivity contribution in [2.75, 3.05) is 18.0 Å². The molecule has 0 atom stereocenters. The van der Waals surface area contributed by atoms with E-state index in [1.165, 1.54) is 16.9 Å². The summed E-state index contributed by atoms with van der Waals surface area (Å²) >= 11 is 1.45. The Bertz CT molecular complexity index is 641. The number of hydrogen-bond donors (Lipinski definition) is 1. The van der Waals surface area contributed by atoms with Gasteiger partial charge >= 0.3 is 5.97 Å². The fraction of sp³-hybridized carbons (Fsp3) is 0.333. The first-order valence-electron chi connectivity index (χ1n) is 5.76. The molecule has 0 aromatic carbocycles. The lowest BCUT2D eigenvalue weighted by Gasteiger charge is -2.26. The summed E-state index contributed by atoms with van der Waals surface area (Å²) < 4.78 is 1.65. The van der Waals surface area contributed by atoms with Crippen molar-refractivity contribution in [3.63, 3.8) is 0 Å². The molecule has 0 aliphatic carbocycles. The maximum Gasteiger partial charge on any atom is 0.356 e. The Hall–Kier alpha value is -1.82. The number of carbonyl (C=O) groups is 1.